The molecule has 0 fully saturated rings. The molecule has 0 spiro atoms. The molecule has 0 N–H and O–H groups in total. The normalized spacial score (nSPS) is 11.1. The Morgan fingerprint density at radius 2 is 1.36 bits per heavy atom. The third kappa shape index (κ3) is 3.66. The first-order valence-corrected chi connectivity index (χ1v) is 12.3. The molecule has 0 unspecified atom stereocenters. The van der Waals surface area contributed by atoms with E-state index in [1.54, 1.807) is 34.9 Å². The molecule has 142 valence electrons. The summed E-state index contributed by atoms with van der Waals surface area (Å²) in [6.45, 7) is 2.13. The molecule has 0 saturated carbocycles. The summed E-state index contributed by atoms with van der Waals surface area (Å²) in [4.78, 5) is 8.85. The van der Waals surface area contributed by atoms with Gasteiger partial charge in [-0.2, -0.15) is 0 Å². The summed E-state index contributed by atoms with van der Waals surface area (Å²) in [7, 11) is 2.10. The first kappa shape index (κ1) is 19.4. The molecule has 4 aromatic rings. The minimum atomic E-state index is 1.06. The zero-order chi connectivity index (χ0) is 19.7. The van der Waals surface area contributed by atoms with Gasteiger partial charge in [0, 0.05) is 28.1 Å². The number of aryl methyl sites for hydroxylation is 1. The summed E-state index contributed by atoms with van der Waals surface area (Å²) >= 11 is 5.29. The maximum absolute atomic E-state index is 5.08. The van der Waals surface area contributed by atoms with Gasteiger partial charge in [0.15, 0.2) is 0 Å². The van der Waals surface area contributed by atoms with Gasteiger partial charge in [-0.05, 0) is 61.4 Å². The van der Waals surface area contributed by atoms with Crippen molar-refractivity contribution in [2.45, 2.75) is 16.7 Å². The summed E-state index contributed by atoms with van der Waals surface area (Å²) in [5.74, 6) is 0. The van der Waals surface area contributed by atoms with E-state index in [0.29, 0.717) is 0 Å². The van der Waals surface area contributed by atoms with Crippen LogP contribution >= 0.6 is 34.9 Å². The van der Waals surface area contributed by atoms with Crippen LogP contribution in [0.5, 0.6) is 0 Å². The predicted molar refractivity (Wildman–Crippen MR) is 126 cm³/mol. The van der Waals surface area contributed by atoms with Crippen molar-refractivity contribution in [1.82, 2.24) is 9.55 Å². The topological polar surface area (TPSA) is 17.8 Å². The number of thiazole rings is 1. The van der Waals surface area contributed by atoms with Crippen molar-refractivity contribution in [3.05, 3.63) is 66.4 Å². The second-order valence-corrected chi connectivity index (χ2v) is 9.33. The van der Waals surface area contributed by atoms with Crippen LogP contribution in [0.1, 0.15) is 5.69 Å². The standard InChI is InChI=1S/C23H22N2S3/c1-15-5-14-20(25(15)2)23-24-21(16-6-10-18(26-3)11-7-16)22(28-23)17-8-12-19(27-4)13-9-17/h5-14H,1-4H3. The second-order valence-electron chi connectivity index (χ2n) is 6.57. The molecule has 2 nitrogen and oxygen atoms in total. The molecule has 0 bridgehead atoms. The highest BCUT2D eigenvalue weighted by atomic mass is 32.2. The Labute approximate surface area is 179 Å². The minimum absolute atomic E-state index is 1.06. The lowest BCUT2D eigenvalue weighted by atomic mass is 10.1. The molecule has 0 saturated heterocycles. The Bertz CT molecular complexity index is 1030. The van der Waals surface area contributed by atoms with Crippen LogP contribution in [-0.4, -0.2) is 22.1 Å². The monoisotopic (exact) mass is 422 g/mol. The average Bonchev–Trinajstić information content (AvgIpc) is 3.32. The molecule has 0 aliphatic carbocycles. The molecule has 28 heavy (non-hydrogen) atoms. The quantitative estimate of drug-likeness (QED) is 0.316. The van der Waals surface area contributed by atoms with E-state index in [-0.39, 0.29) is 0 Å². The van der Waals surface area contributed by atoms with E-state index in [9.17, 15) is 0 Å². The molecule has 5 heteroatoms. The van der Waals surface area contributed by atoms with Crippen LogP contribution < -0.4 is 0 Å². The number of rotatable bonds is 5. The molecule has 2 heterocycles. The van der Waals surface area contributed by atoms with Crippen LogP contribution in [0, 0.1) is 6.92 Å². The van der Waals surface area contributed by atoms with Crippen molar-refractivity contribution < 1.29 is 0 Å². The Balaban J connectivity index is 1.87. The Kier molecular flexibility index (Phi) is 5.67. The summed E-state index contributed by atoms with van der Waals surface area (Å²) in [6.07, 6.45) is 4.21. The van der Waals surface area contributed by atoms with Crippen LogP contribution in [0.4, 0.5) is 0 Å². The van der Waals surface area contributed by atoms with Crippen molar-refractivity contribution >= 4 is 34.9 Å². The molecule has 2 aromatic carbocycles. The molecule has 0 amide bonds. The molecular formula is C23H22N2S3. The summed E-state index contributed by atoms with van der Waals surface area (Å²) in [5, 5.41) is 1.06. The Hall–Kier alpha value is -1.95. The van der Waals surface area contributed by atoms with Gasteiger partial charge in [0.2, 0.25) is 0 Å². The largest absolute Gasteiger partial charge is 0.346 e. The van der Waals surface area contributed by atoms with Gasteiger partial charge >= 0.3 is 0 Å². The van der Waals surface area contributed by atoms with Crippen LogP contribution in [0.25, 0.3) is 32.4 Å². The third-order valence-electron chi connectivity index (χ3n) is 4.93. The van der Waals surface area contributed by atoms with E-state index in [0.717, 1.165) is 22.0 Å². The lowest BCUT2D eigenvalue weighted by Crippen LogP contribution is -1.93. The van der Waals surface area contributed by atoms with E-state index >= 15 is 0 Å². The number of hydrogen-bond acceptors (Lipinski definition) is 4. The van der Waals surface area contributed by atoms with E-state index in [1.807, 2.05) is 0 Å². The lowest BCUT2D eigenvalue weighted by molar-refractivity contribution is 0.890. The Morgan fingerprint density at radius 1 is 0.786 bits per heavy atom. The number of benzene rings is 2. The number of thioether (sulfide) groups is 2. The van der Waals surface area contributed by atoms with Gasteiger partial charge in [0.05, 0.1) is 16.3 Å². The van der Waals surface area contributed by atoms with Crippen LogP contribution in [0.15, 0.2) is 70.5 Å². The highest BCUT2D eigenvalue weighted by molar-refractivity contribution is 7.98. The van der Waals surface area contributed by atoms with Crippen LogP contribution in [0.2, 0.25) is 0 Å². The first-order chi connectivity index (χ1) is 13.6. The molecule has 0 aliphatic heterocycles. The lowest BCUT2D eigenvalue weighted by Gasteiger charge is -2.05. The van der Waals surface area contributed by atoms with Gasteiger partial charge in [-0.15, -0.1) is 34.9 Å². The van der Waals surface area contributed by atoms with E-state index in [2.05, 4.69) is 91.7 Å². The van der Waals surface area contributed by atoms with Crippen molar-refractivity contribution in [3.8, 4) is 32.4 Å². The van der Waals surface area contributed by atoms with Gasteiger partial charge in [0.25, 0.3) is 0 Å². The first-order valence-electron chi connectivity index (χ1n) is 9.03. The fraction of sp³-hybridized carbons (Fsp3) is 0.174. The molecular weight excluding hydrogens is 400 g/mol. The van der Waals surface area contributed by atoms with E-state index < -0.39 is 0 Å². The average molecular weight is 423 g/mol. The van der Waals surface area contributed by atoms with Crippen molar-refractivity contribution in [2.24, 2.45) is 7.05 Å². The van der Waals surface area contributed by atoms with Crippen LogP contribution in [0.3, 0.4) is 0 Å². The highest BCUT2D eigenvalue weighted by Gasteiger charge is 2.18. The summed E-state index contributed by atoms with van der Waals surface area (Å²) in [5.41, 5.74) is 5.84. The zero-order valence-corrected chi connectivity index (χ0v) is 18.8. The van der Waals surface area contributed by atoms with Gasteiger partial charge in [0.1, 0.15) is 5.01 Å². The molecule has 0 atom stereocenters. The molecule has 2 aromatic heterocycles. The molecule has 4 rings (SSSR count). The predicted octanol–water partition coefficient (Wildman–Crippen LogP) is 7.23. The van der Waals surface area contributed by atoms with E-state index in [4.69, 9.17) is 4.98 Å². The maximum atomic E-state index is 5.08. The molecule has 0 aliphatic rings. The van der Waals surface area contributed by atoms with Crippen molar-refractivity contribution in [1.29, 1.82) is 0 Å². The van der Waals surface area contributed by atoms with Crippen molar-refractivity contribution in [3.63, 3.8) is 0 Å². The minimum Gasteiger partial charge on any atom is -0.346 e. The van der Waals surface area contributed by atoms with Gasteiger partial charge in [-0.25, -0.2) is 4.98 Å². The number of hydrogen-bond donors (Lipinski definition) is 0. The fourth-order valence-corrected chi connectivity index (χ4v) is 5.11. The number of aromatic nitrogens is 2. The van der Waals surface area contributed by atoms with Crippen LogP contribution in [-0.2, 0) is 7.05 Å². The second kappa shape index (κ2) is 8.19. The SMILES string of the molecule is CSc1ccc(-c2nc(-c3ccc(C)n3C)sc2-c2ccc(SC)cc2)cc1. The smallest absolute Gasteiger partial charge is 0.141 e. The number of nitrogens with zero attached hydrogens (tertiary/aromatic N) is 2. The van der Waals surface area contributed by atoms with Gasteiger partial charge < -0.3 is 4.57 Å². The molecule has 0 radical (unpaired) electrons. The van der Waals surface area contributed by atoms with E-state index in [1.165, 1.54) is 25.9 Å². The van der Waals surface area contributed by atoms with Gasteiger partial charge in [-0.1, -0.05) is 24.3 Å². The zero-order valence-electron chi connectivity index (χ0n) is 16.4. The van der Waals surface area contributed by atoms with Gasteiger partial charge in [-0.3, -0.25) is 0 Å². The third-order valence-corrected chi connectivity index (χ3v) is 7.55. The fourth-order valence-electron chi connectivity index (χ4n) is 3.14. The highest BCUT2D eigenvalue weighted by Crippen LogP contribution is 2.41. The summed E-state index contributed by atoms with van der Waals surface area (Å²) in [6, 6.07) is 21.8. The summed E-state index contributed by atoms with van der Waals surface area (Å²) < 4.78 is 2.21. The maximum Gasteiger partial charge on any atom is 0.141 e. The van der Waals surface area contributed by atoms with Crippen molar-refractivity contribution in [2.75, 3.05) is 12.5 Å². The Morgan fingerprint density at radius 3 is 1.86 bits per heavy atom.